The second-order valence-electron chi connectivity index (χ2n) is 5.50. The first-order chi connectivity index (χ1) is 9.83. The van der Waals surface area contributed by atoms with Gasteiger partial charge in [0.2, 0.25) is 5.89 Å². The molecule has 1 unspecified atom stereocenters. The first-order valence-corrected chi connectivity index (χ1v) is 7.22. The van der Waals surface area contributed by atoms with Gasteiger partial charge in [-0.3, -0.25) is 0 Å². The lowest BCUT2D eigenvalue weighted by Gasteiger charge is -2.25. The standard InChI is InChI=1S/C14H17N5O/c1-9-17-13(18-20-9)12-6-3-7-19(12)14-10-4-2-5-11(10)15-8-16-14/h8,12H,2-7H2,1H3. The van der Waals surface area contributed by atoms with E-state index in [2.05, 4.69) is 25.0 Å². The predicted molar refractivity (Wildman–Crippen MR) is 72.4 cm³/mol. The van der Waals surface area contributed by atoms with Crippen molar-refractivity contribution in [3.05, 3.63) is 29.3 Å². The summed E-state index contributed by atoms with van der Waals surface area (Å²) in [7, 11) is 0. The monoisotopic (exact) mass is 271 g/mol. The van der Waals surface area contributed by atoms with Crippen LogP contribution in [0.15, 0.2) is 10.9 Å². The van der Waals surface area contributed by atoms with Gasteiger partial charge in [0.1, 0.15) is 12.1 Å². The Morgan fingerprint density at radius 2 is 2.20 bits per heavy atom. The number of aryl methyl sites for hydroxylation is 2. The van der Waals surface area contributed by atoms with E-state index in [4.69, 9.17) is 4.52 Å². The van der Waals surface area contributed by atoms with E-state index in [-0.39, 0.29) is 6.04 Å². The fourth-order valence-electron chi connectivity index (χ4n) is 3.33. The first-order valence-electron chi connectivity index (χ1n) is 7.22. The van der Waals surface area contributed by atoms with Gasteiger partial charge in [-0.2, -0.15) is 4.98 Å². The summed E-state index contributed by atoms with van der Waals surface area (Å²) in [4.78, 5) is 15.7. The van der Waals surface area contributed by atoms with Gasteiger partial charge in [0.05, 0.1) is 6.04 Å². The van der Waals surface area contributed by atoms with Gasteiger partial charge in [-0.25, -0.2) is 9.97 Å². The van der Waals surface area contributed by atoms with Crippen molar-refractivity contribution in [2.24, 2.45) is 0 Å². The summed E-state index contributed by atoms with van der Waals surface area (Å²) < 4.78 is 5.13. The topological polar surface area (TPSA) is 67.9 Å². The van der Waals surface area contributed by atoms with Crippen molar-refractivity contribution in [1.82, 2.24) is 20.1 Å². The summed E-state index contributed by atoms with van der Waals surface area (Å²) in [5.41, 5.74) is 2.53. The fraction of sp³-hybridized carbons (Fsp3) is 0.571. The lowest BCUT2D eigenvalue weighted by molar-refractivity contribution is 0.383. The molecular weight excluding hydrogens is 254 g/mol. The Labute approximate surface area is 117 Å². The van der Waals surface area contributed by atoms with Gasteiger partial charge >= 0.3 is 0 Å². The maximum absolute atomic E-state index is 5.13. The van der Waals surface area contributed by atoms with Gasteiger partial charge in [-0.05, 0) is 32.1 Å². The van der Waals surface area contributed by atoms with Crippen LogP contribution >= 0.6 is 0 Å². The molecule has 0 spiro atoms. The molecule has 104 valence electrons. The summed E-state index contributed by atoms with van der Waals surface area (Å²) in [5.74, 6) is 2.49. The average molecular weight is 271 g/mol. The number of fused-ring (bicyclic) bond motifs is 1. The highest BCUT2D eigenvalue weighted by Crippen LogP contribution is 2.37. The minimum atomic E-state index is 0.187. The lowest BCUT2D eigenvalue weighted by atomic mass is 10.2. The van der Waals surface area contributed by atoms with Crippen molar-refractivity contribution in [1.29, 1.82) is 0 Å². The zero-order valence-corrected chi connectivity index (χ0v) is 11.5. The summed E-state index contributed by atoms with van der Waals surface area (Å²) in [6, 6.07) is 0.187. The van der Waals surface area contributed by atoms with Gasteiger partial charge in [0.25, 0.3) is 0 Å². The van der Waals surface area contributed by atoms with Crippen LogP contribution in [0.4, 0.5) is 5.82 Å². The van der Waals surface area contributed by atoms with Crippen LogP contribution in [0.25, 0.3) is 0 Å². The van der Waals surface area contributed by atoms with Crippen LogP contribution in [-0.4, -0.2) is 26.7 Å². The third kappa shape index (κ3) is 1.78. The van der Waals surface area contributed by atoms with Crippen LogP contribution in [0.5, 0.6) is 0 Å². The smallest absolute Gasteiger partial charge is 0.223 e. The molecule has 0 saturated carbocycles. The zero-order chi connectivity index (χ0) is 13.5. The van der Waals surface area contributed by atoms with Gasteiger partial charge in [0.15, 0.2) is 5.82 Å². The third-order valence-corrected chi connectivity index (χ3v) is 4.22. The molecule has 1 saturated heterocycles. The van der Waals surface area contributed by atoms with Gasteiger partial charge in [-0.15, -0.1) is 0 Å². The quantitative estimate of drug-likeness (QED) is 0.832. The summed E-state index contributed by atoms with van der Waals surface area (Å²) in [6.07, 6.45) is 7.22. The number of aromatic nitrogens is 4. The van der Waals surface area contributed by atoms with Gasteiger partial charge < -0.3 is 9.42 Å². The maximum atomic E-state index is 5.13. The number of rotatable bonds is 2. The number of anilines is 1. The minimum absolute atomic E-state index is 0.187. The van der Waals surface area contributed by atoms with E-state index in [0.29, 0.717) is 5.89 Å². The molecule has 6 heteroatoms. The molecule has 0 bridgehead atoms. The molecule has 1 aliphatic carbocycles. The van der Waals surface area contributed by atoms with E-state index in [1.54, 1.807) is 6.33 Å². The van der Waals surface area contributed by atoms with Crippen molar-refractivity contribution in [3.63, 3.8) is 0 Å². The highest BCUT2D eigenvalue weighted by atomic mass is 16.5. The van der Waals surface area contributed by atoms with Crippen molar-refractivity contribution in [2.75, 3.05) is 11.4 Å². The molecule has 0 amide bonds. The van der Waals surface area contributed by atoms with E-state index in [0.717, 1.165) is 43.9 Å². The second-order valence-corrected chi connectivity index (χ2v) is 5.50. The molecule has 4 rings (SSSR count). The molecule has 0 radical (unpaired) electrons. The van der Waals surface area contributed by atoms with Gasteiger partial charge in [0, 0.05) is 24.7 Å². The molecule has 2 aromatic heterocycles. The summed E-state index contributed by atoms with van der Waals surface area (Å²) >= 11 is 0. The highest BCUT2D eigenvalue weighted by Gasteiger charge is 2.33. The average Bonchev–Trinajstić information content (AvgIpc) is 3.17. The SMILES string of the molecule is Cc1nc(C2CCCN2c2ncnc3c2CCC3)no1. The highest BCUT2D eigenvalue weighted by molar-refractivity contribution is 5.52. The molecule has 0 aromatic carbocycles. The molecule has 1 aliphatic heterocycles. The molecule has 1 fully saturated rings. The lowest BCUT2D eigenvalue weighted by Crippen LogP contribution is -2.25. The van der Waals surface area contributed by atoms with Crippen molar-refractivity contribution < 1.29 is 4.52 Å². The number of hydrogen-bond acceptors (Lipinski definition) is 6. The van der Waals surface area contributed by atoms with E-state index >= 15 is 0 Å². The maximum Gasteiger partial charge on any atom is 0.223 e. The van der Waals surface area contributed by atoms with Crippen molar-refractivity contribution in [3.8, 4) is 0 Å². The Bertz CT molecular complexity index is 638. The minimum Gasteiger partial charge on any atom is -0.346 e. The normalized spacial score (nSPS) is 21.4. The predicted octanol–water partition coefficient (Wildman–Crippen LogP) is 2.00. The Hall–Kier alpha value is -1.98. The molecule has 2 aliphatic rings. The number of nitrogens with zero attached hydrogens (tertiary/aromatic N) is 5. The molecular formula is C14H17N5O. The molecule has 0 N–H and O–H groups in total. The van der Waals surface area contributed by atoms with E-state index in [1.165, 1.54) is 17.7 Å². The van der Waals surface area contributed by atoms with Crippen molar-refractivity contribution >= 4 is 5.82 Å². The van der Waals surface area contributed by atoms with Crippen LogP contribution in [0.3, 0.4) is 0 Å². The van der Waals surface area contributed by atoms with Crippen LogP contribution in [-0.2, 0) is 12.8 Å². The van der Waals surface area contributed by atoms with E-state index in [1.807, 2.05) is 6.92 Å². The van der Waals surface area contributed by atoms with Crippen LogP contribution < -0.4 is 4.90 Å². The second kappa shape index (κ2) is 4.54. The van der Waals surface area contributed by atoms with Gasteiger partial charge in [-0.1, -0.05) is 5.16 Å². The van der Waals surface area contributed by atoms with Crippen LogP contribution in [0.2, 0.25) is 0 Å². The summed E-state index contributed by atoms with van der Waals surface area (Å²) in [6.45, 7) is 2.83. The molecule has 20 heavy (non-hydrogen) atoms. The molecule has 6 nitrogen and oxygen atoms in total. The summed E-state index contributed by atoms with van der Waals surface area (Å²) in [5, 5.41) is 4.10. The molecule has 3 heterocycles. The fourth-order valence-corrected chi connectivity index (χ4v) is 3.33. The molecule has 1 atom stereocenters. The zero-order valence-electron chi connectivity index (χ0n) is 11.5. The van der Waals surface area contributed by atoms with Crippen LogP contribution in [0.1, 0.15) is 48.3 Å². The third-order valence-electron chi connectivity index (χ3n) is 4.22. The Morgan fingerprint density at radius 1 is 1.25 bits per heavy atom. The van der Waals surface area contributed by atoms with Crippen LogP contribution in [0, 0.1) is 6.92 Å². The number of hydrogen-bond donors (Lipinski definition) is 0. The Morgan fingerprint density at radius 3 is 3.05 bits per heavy atom. The Balaban J connectivity index is 1.72. The molecule has 2 aromatic rings. The van der Waals surface area contributed by atoms with E-state index in [9.17, 15) is 0 Å². The Kier molecular flexibility index (Phi) is 2.68. The van der Waals surface area contributed by atoms with Crippen molar-refractivity contribution in [2.45, 2.75) is 45.1 Å². The van der Waals surface area contributed by atoms with E-state index < -0.39 is 0 Å². The largest absolute Gasteiger partial charge is 0.346 e. The first kappa shape index (κ1) is 11.8.